The van der Waals surface area contributed by atoms with E-state index in [1.807, 2.05) is 13.8 Å². The molecule has 0 amide bonds. The molecule has 11 atom stereocenters. The molecule has 9 nitrogen and oxygen atoms in total. The number of rotatable bonds is 4. The Morgan fingerprint density at radius 3 is 2.66 bits per heavy atom. The number of hydrogen-bond donors (Lipinski definition) is 3. The van der Waals surface area contributed by atoms with Crippen molar-refractivity contribution in [3.8, 4) is 0 Å². The molecule has 2 heterocycles. The lowest BCUT2D eigenvalue weighted by Crippen LogP contribution is -2.61. The van der Waals surface area contributed by atoms with Gasteiger partial charge in [-0.25, -0.2) is 0 Å². The average Bonchev–Trinajstić information content (AvgIpc) is 3.13. The van der Waals surface area contributed by atoms with Gasteiger partial charge in [0, 0.05) is 19.3 Å². The van der Waals surface area contributed by atoms with E-state index in [1.165, 1.54) is 6.92 Å². The number of carbonyl (C=O) groups is 2. The highest BCUT2D eigenvalue weighted by Gasteiger charge is 2.56. The van der Waals surface area contributed by atoms with Crippen LogP contribution in [0.5, 0.6) is 0 Å². The van der Waals surface area contributed by atoms with Crippen molar-refractivity contribution in [2.24, 2.45) is 23.7 Å². The fourth-order valence-electron chi connectivity index (χ4n) is 6.01. The molecular weight excluding hydrogens is 420 g/mol. The summed E-state index contributed by atoms with van der Waals surface area (Å²) in [5.74, 6) is -0.616. The van der Waals surface area contributed by atoms with Crippen molar-refractivity contribution < 1.29 is 43.9 Å². The Morgan fingerprint density at radius 2 is 1.97 bits per heavy atom. The van der Waals surface area contributed by atoms with Crippen molar-refractivity contribution >= 4 is 11.9 Å². The lowest BCUT2D eigenvalue weighted by molar-refractivity contribution is -0.330. The third-order valence-corrected chi connectivity index (χ3v) is 8.00. The first kappa shape index (κ1) is 23.6. The predicted molar refractivity (Wildman–Crippen MR) is 110 cm³/mol. The number of ether oxygens (including phenoxy) is 4. The van der Waals surface area contributed by atoms with Gasteiger partial charge in [-0.15, -0.1) is 0 Å². The smallest absolute Gasteiger partial charge is 0.309 e. The fourth-order valence-corrected chi connectivity index (χ4v) is 6.01. The third kappa shape index (κ3) is 4.09. The Hall–Kier alpha value is -1.52. The second-order valence-electron chi connectivity index (χ2n) is 10.0. The van der Waals surface area contributed by atoms with Crippen molar-refractivity contribution in [2.75, 3.05) is 6.61 Å². The maximum atomic E-state index is 12.2. The summed E-state index contributed by atoms with van der Waals surface area (Å²) >= 11 is 0. The van der Waals surface area contributed by atoms with Gasteiger partial charge in [0.25, 0.3) is 0 Å². The summed E-state index contributed by atoms with van der Waals surface area (Å²) in [4.78, 5) is 23.3. The second-order valence-corrected chi connectivity index (χ2v) is 10.0. The van der Waals surface area contributed by atoms with E-state index < -0.39 is 42.3 Å². The molecule has 0 bridgehead atoms. The molecule has 0 aromatic heterocycles. The lowest BCUT2D eigenvalue weighted by atomic mass is 9.77. The van der Waals surface area contributed by atoms with E-state index in [4.69, 9.17) is 18.9 Å². The molecule has 0 spiro atoms. The van der Waals surface area contributed by atoms with Gasteiger partial charge in [0.2, 0.25) is 0 Å². The molecule has 0 aromatic carbocycles. The minimum atomic E-state index is -1.51. The summed E-state index contributed by atoms with van der Waals surface area (Å²) < 4.78 is 22.6. The molecule has 4 aliphatic rings. The Labute approximate surface area is 187 Å². The van der Waals surface area contributed by atoms with E-state index in [9.17, 15) is 24.9 Å². The van der Waals surface area contributed by atoms with Gasteiger partial charge in [-0.05, 0) is 38.0 Å². The molecule has 0 radical (unpaired) electrons. The predicted octanol–water partition coefficient (Wildman–Crippen LogP) is 0.686. The Morgan fingerprint density at radius 1 is 1.25 bits per heavy atom. The molecule has 0 aromatic rings. The highest BCUT2D eigenvalue weighted by atomic mass is 16.7. The molecule has 2 aliphatic carbocycles. The van der Waals surface area contributed by atoms with E-state index in [0.717, 1.165) is 18.4 Å². The maximum Gasteiger partial charge on any atom is 0.309 e. The summed E-state index contributed by atoms with van der Waals surface area (Å²) in [6, 6.07) is 0. The lowest BCUT2D eigenvalue weighted by Gasteiger charge is -2.45. The van der Waals surface area contributed by atoms with Gasteiger partial charge in [-0.3, -0.25) is 9.59 Å². The first-order valence-electron chi connectivity index (χ1n) is 11.4. The Kier molecular flexibility index (Phi) is 6.41. The fraction of sp³-hybridized carbons (Fsp3) is 0.826. The number of fused-ring (bicyclic) bond motifs is 2. The first-order valence-corrected chi connectivity index (χ1v) is 11.4. The summed E-state index contributed by atoms with van der Waals surface area (Å²) in [6.45, 7) is 9.11. The molecule has 9 heteroatoms. The van der Waals surface area contributed by atoms with Crippen LogP contribution in [0.15, 0.2) is 12.2 Å². The molecule has 4 rings (SSSR count). The Bertz CT molecular complexity index is 769. The van der Waals surface area contributed by atoms with Gasteiger partial charge in [0.05, 0.1) is 11.5 Å². The average molecular weight is 455 g/mol. The standard InChI is InChI=1S/C23H34O9/c1-10-7-16-14(11(2)21(28)30-16)8-15-13(10)5-6-23(15,4)32-22-20(27)19(26)18(25)17(31-22)9-29-12(3)24/h11,13-20,22,25-27H,1,5-9H2,2-4H3. The Balaban J connectivity index is 1.53. The van der Waals surface area contributed by atoms with Gasteiger partial charge < -0.3 is 34.3 Å². The van der Waals surface area contributed by atoms with Crippen molar-refractivity contribution in [1.82, 2.24) is 0 Å². The summed E-state index contributed by atoms with van der Waals surface area (Å²) in [7, 11) is 0. The molecule has 32 heavy (non-hydrogen) atoms. The number of carbonyl (C=O) groups excluding carboxylic acids is 2. The van der Waals surface area contributed by atoms with Crippen molar-refractivity contribution in [1.29, 1.82) is 0 Å². The highest BCUT2D eigenvalue weighted by molar-refractivity contribution is 5.75. The van der Waals surface area contributed by atoms with Crippen LogP contribution in [0.25, 0.3) is 0 Å². The summed E-state index contributed by atoms with van der Waals surface area (Å²) in [6.07, 6.45) is -3.87. The zero-order chi connectivity index (χ0) is 23.4. The molecule has 2 saturated carbocycles. The quantitative estimate of drug-likeness (QED) is 0.414. The number of aliphatic hydroxyl groups is 3. The largest absolute Gasteiger partial charge is 0.463 e. The molecule has 180 valence electrons. The van der Waals surface area contributed by atoms with Gasteiger partial charge in [-0.2, -0.15) is 0 Å². The van der Waals surface area contributed by atoms with Crippen molar-refractivity contribution in [2.45, 2.75) is 88.9 Å². The molecule has 11 unspecified atom stereocenters. The zero-order valence-corrected chi connectivity index (χ0v) is 18.8. The summed E-state index contributed by atoms with van der Waals surface area (Å²) in [5.41, 5.74) is 0.345. The molecule has 2 aliphatic heterocycles. The van der Waals surface area contributed by atoms with Crippen LogP contribution in [0.4, 0.5) is 0 Å². The van der Waals surface area contributed by atoms with Crippen LogP contribution in [-0.4, -0.2) is 76.3 Å². The van der Waals surface area contributed by atoms with Crippen LogP contribution in [0.2, 0.25) is 0 Å². The van der Waals surface area contributed by atoms with E-state index in [-0.39, 0.29) is 42.4 Å². The molecule has 3 N–H and O–H groups in total. The normalized spacial score (nSPS) is 48.6. The topological polar surface area (TPSA) is 132 Å². The number of aliphatic hydroxyl groups excluding tert-OH is 3. The van der Waals surface area contributed by atoms with Gasteiger partial charge in [0.1, 0.15) is 37.1 Å². The maximum absolute atomic E-state index is 12.2. The molecule has 4 fully saturated rings. The van der Waals surface area contributed by atoms with Crippen LogP contribution in [0.1, 0.15) is 46.5 Å². The van der Waals surface area contributed by atoms with E-state index in [1.54, 1.807) is 0 Å². The van der Waals surface area contributed by atoms with Crippen LogP contribution >= 0.6 is 0 Å². The minimum Gasteiger partial charge on any atom is -0.463 e. The van der Waals surface area contributed by atoms with Crippen molar-refractivity contribution in [3.05, 3.63) is 12.2 Å². The van der Waals surface area contributed by atoms with Gasteiger partial charge >= 0.3 is 11.9 Å². The van der Waals surface area contributed by atoms with Crippen molar-refractivity contribution in [3.63, 3.8) is 0 Å². The van der Waals surface area contributed by atoms with Gasteiger partial charge in [0.15, 0.2) is 6.29 Å². The van der Waals surface area contributed by atoms with Gasteiger partial charge in [-0.1, -0.05) is 19.1 Å². The number of esters is 2. The van der Waals surface area contributed by atoms with Crippen LogP contribution < -0.4 is 0 Å². The first-order chi connectivity index (χ1) is 15.0. The molecule has 2 saturated heterocycles. The number of hydrogen-bond acceptors (Lipinski definition) is 9. The molecular formula is C23H34O9. The zero-order valence-electron chi connectivity index (χ0n) is 18.8. The van der Waals surface area contributed by atoms with Crippen LogP contribution in [0.3, 0.4) is 0 Å². The summed E-state index contributed by atoms with van der Waals surface area (Å²) in [5, 5.41) is 31.1. The second kappa shape index (κ2) is 8.68. The van der Waals surface area contributed by atoms with E-state index >= 15 is 0 Å². The van der Waals surface area contributed by atoms with E-state index in [2.05, 4.69) is 6.58 Å². The SMILES string of the molecule is C=C1CC2OC(=O)C(C)C2CC2C1CCC2(C)OC1OC(COC(C)=O)C(O)C(O)C1O. The monoisotopic (exact) mass is 454 g/mol. The van der Waals surface area contributed by atoms with E-state index in [0.29, 0.717) is 12.8 Å². The minimum absolute atomic E-state index is 0.0358. The highest BCUT2D eigenvalue weighted by Crippen LogP contribution is 2.55. The van der Waals surface area contributed by atoms with Crippen LogP contribution in [-0.2, 0) is 28.5 Å². The van der Waals surface area contributed by atoms with Crippen LogP contribution in [0, 0.1) is 23.7 Å². The third-order valence-electron chi connectivity index (χ3n) is 8.00.